The smallest absolute Gasteiger partial charge is 0.00264 e. The molecule has 0 amide bonds. The van der Waals surface area contributed by atoms with Crippen LogP contribution in [0, 0.1) is 6.92 Å². The van der Waals surface area contributed by atoms with Gasteiger partial charge in [0.25, 0.3) is 0 Å². The molecule has 10 aromatic rings. The summed E-state index contributed by atoms with van der Waals surface area (Å²) >= 11 is 0. The van der Waals surface area contributed by atoms with Gasteiger partial charge < -0.3 is 0 Å². The zero-order valence-electron chi connectivity index (χ0n) is 34.0. The Hall–Kier alpha value is -7.54. The molecule has 0 saturated carbocycles. The minimum Gasteiger partial charge on any atom is -0.0991 e. The van der Waals surface area contributed by atoms with Crippen LogP contribution in [0.2, 0.25) is 0 Å². The normalized spacial score (nSPS) is 12.6. The van der Waals surface area contributed by atoms with Crippen LogP contribution in [0.3, 0.4) is 0 Å². The van der Waals surface area contributed by atoms with E-state index in [1.807, 2.05) is 19.1 Å². The standard InChI is InChI=1S/C55H36.C5H8/c1-35-47-13-5-2-10-37-11-3-6-14-49(37)48(35)28-29-50(47)43-26-24-40-30-39(22-23-41(40)31-43)42-21-18-36-19-25-44(33-46(36)32-42)54-34-45-27-20-38-12-4-7-15-51(38)55(45)53-17-9-8-16-52(53)54;1-3-5-4-2/h2-34H,1H3;3-5H,1H2,2H3/b10-2?,13-5-;5-4-. The molecule has 1 aliphatic rings. The van der Waals surface area contributed by atoms with Crippen molar-refractivity contribution in [2.45, 2.75) is 13.8 Å². The van der Waals surface area contributed by atoms with Crippen LogP contribution in [-0.4, -0.2) is 0 Å². The molecule has 11 rings (SSSR count). The van der Waals surface area contributed by atoms with E-state index in [0.717, 1.165) is 0 Å². The summed E-state index contributed by atoms with van der Waals surface area (Å²) in [4.78, 5) is 0. The third-order valence-corrected chi connectivity index (χ3v) is 12.1. The lowest BCUT2D eigenvalue weighted by Gasteiger charge is -2.16. The van der Waals surface area contributed by atoms with Crippen molar-refractivity contribution < 1.29 is 0 Å². The van der Waals surface area contributed by atoms with Crippen molar-refractivity contribution in [3.63, 3.8) is 0 Å². The highest BCUT2D eigenvalue weighted by atomic mass is 14.2. The number of allylic oxidation sites excluding steroid dienone is 5. The molecule has 0 fully saturated rings. The van der Waals surface area contributed by atoms with Gasteiger partial charge in [-0.1, -0.05) is 195 Å². The van der Waals surface area contributed by atoms with Gasteiger partial charge in [0.05, 0.1) is 0 Å². The first-order valence-electron chi connectivity index (χ1n) is 20.8. The SMILES string of the molecule is C=C/C=C\C.Cc1c2ccc(-c3ccc4cc(-c5ccc6ccc(-c7cc8ccc9ccccc9c8c8ccccc78)cc6c5)ccc4c3)c1/C=C\C=Cc1ccccc1-2. The number of fused-ring (bicyclic) bond motifs is 11. The molecule has 0 unspecified atom stereocenters. The van der Waals surface area contributed by atoms with Gasteiger partial charge >= 0.3 is 0 Å². The predicted octanol–water partition coefficient (Wildman–Crippen LogP) is 17.2. The molecular weight excluding hydrogens is 721 g/mol. The van der Waals surface area contributed by atoms with E-state index in [-0.39, 0.29) is 0 Å². The lowest BCUT2D eigenvalue weighted by atomic mass is 9.88. The van der Waals surface area contributed by atoms with Gasteiger partial charge in [-0.05, 0) is 159 Å². The second-order valence-corrected chi connectivity index (χ2v) is 15.7. The Morgan fingerprint density at radius 2 is 0.967 bits per heavy atom. The molecule has 2 bridgehead atoms. The molecule has 10 aromatic carbocycles. The van der Waals surface area contributed by atoms with Gasteiger partial charge in [0.15, 0.2) is 0 Å². The second kappa shape index (κ2) is 15.7. The maximum atomic E-state index is 3.46. The van der Waals surface area contributed by atoms with E-state index in [1.165, 1.54) is 115 Å². The van der Waals surface area contributed by atoms with Crippen LogP contribution in [-0.2, 0) is 0 Å². The van der Waals surface area contributed by atoms with Crippen molar-refractivity contribution in [1.29, 1.82) is 0 Å². The molecule has 0 aliphatic heterocycles. The maximum Gasteiger partial charge on any atom is -0.00264 e. The minimum atomic E-state index is 1.22. The number of rotatable bonds is 4. The summed E-state index contributed by atoms with van der Waals surface area (Å²) in [7, 11) is 0. The summed E-state index contributed by atoms with van der Waals surface area (Å²) < 4.78 is 0. The molecule has 60 heavy (non-hydrogen) atoms. The average Bonchev–Trinajstić information content (AvgIpc) is 3.33. The molecule has 284 valence electrons. The quantitative estimate of drug-likeness (QED) is 0.124. The fourth-order valence-corrected chi connectivity index (χ4v) is 9.13. The summed E-state index contributed by atoms with van der Waals surface area (Å²) in [5.41, 5.74) is 13.8. The van der Waals surface area contributed by atoms with E-state index in [4.69, 9.17) is 0 Å². The first-order chi connectivity index (χ1) is 29.6. The largest absolute Gasteiger partial charge is 0.0991 e. The topological polar surface area (TPSA) is 0 Å². The van der Waals surface area contributed by atoms with Crippen LogP contribution >= 0.6 is 0 Å². The van der Waals surface area contributed by atoms with Gasteiger partial charge in [0.2, 0.25) is 0 Å². The van der Waals surface area contributed by atoms with E-state index in [2.05, 4.69) is 214 Å². The molecule has 0 spiro atoms. The van der Waals surface area contributed by atoms with E-state index < -0.39 is 0 Å². The Morgan fingerprint density at radius 3 is 1.73 bits per heavy atom. The Labute approximate surface area is 352 Å². The van der Waals surface area contributed by atoms with Crippen molar-refractivity contribution in [2.75, 3.05) is 0 Å². The lowest BCUT2D eigenvalue weighted by Crippen LogP contribution is -1.93. The van der Waals surface area contributed by atoms with Crippen LogP contribution in [0.4, 0.5) is 0 Å². The van der Waals surface area contributed by atoms with Crippen molar-refractivity contribution >= 4 is 66.0 Å². The first kappa shape index (κ1) is 36.8. The summed E-state index contributed by atoms with van der Waals surface area (Å²) in [6, 6.07) is 65.4. The van der Waals surface area contributed by atoms with Gasteiger partial charge in [-0.2, -0.15) is 0 Å². The van der Waals surface area contributed by atoms with Gasteiger partial charge in [-0.25, -0.2) is 0 Å². The van der Waals surface area contributed by atoms with Gasteiger partial charge in [0, 0.05) is 0 Å². The summed E-state index contributed by atoms with van der Waals surface area (Å²) in [6.07, 6.45) is 14.4. The van der Waals surface area contributed by atoms with Crippen molar-refractivity contribution in [2.24, 2.45) is 0 Å². The molecular formula is C60H44. The zero-order valence-corrected chi connectivity index (χ0v) is 34.0. The van der Waals surface area contributed by atoms with Crippen LogP contribution in [0.5, 0.6) is 0 Å². The number of benzene rings is 10. The second-order valence-electron chi connectivity index (χ2n) is 15.7. The lowest BCUT2D eigenvalue weighted by molar-refractivity contribution is 1.43. The highest BCUT2D eigenvalue weighted by Crippen LogP contribution is 2.41. The van der Waals surface area contributed by atoms with E-state index in [1.54, 1.807) is 6.08 Å². The monoisotopic (exact) mass is 764 g/mol. The fourth-order valence-electron chi connectivity index (χ4n) is 9.13. The number of hydrogen-bond donors (Lipinski definition) is 0. The molecule has 0 heteroatoms. The molecule has 0 atom stereocenters. The molecule has 0 aromatic heterocycles. The van der Waals surface area contributed by atoms with Crippen LogP contribution in [0.25, 0.3) is 111 Å². The summed E-state index contributed by atoms with van der Waals surface area (Å²) in [5.74, 6) is 0. The Morgan fingerprint density at radius 1 is 0.400 bits per heavy atom. The third kappa shape index (κ3) is 6.63. The van der Waals surface area contributed by atoms with Gasteiger partial charge in [0.1, 0.15) is 0 Å². The van der Waals surface area contributed by atoms with Crippen molar-refractivity contribution in [1.82, 2.24) is 0 Å². The molecule has 0 heterocycles. The molecule has 0 radical (unpaired) electrons. The Balaban J connectivity index is 0.000000820. The average molecular weight is 765 g/mol. The molecule has 1 aliphatic carbocycles. The van der Waals surface area contributed by atoms with Gasteiger partial charge in [-0.3, -0.25) is 0 Å². The molecule has 0 nitrogen and oxygen atoms in total. The highest BCUT2D eigenvalue weighted by molar-refractivity contribution is 6.23. The van der Waals surface area contributed by atoms with E-state index in [9.17, 15) is 0 Å². The van der Waals surface area contributed by atoms with E-state index in [0.29, 0.717) is 0 Å². The van der Waals surface area contributed by atoms with E-state index >= 15 is 0 Å². The first-order valence-corrected chi connectivity index (χ1v) is 20.8. The Kier molecular flexibility index (Phi) is 9.60. The summed E-state index contributed by atoms with van der Waals surface area (Å²) in [5, 5.41) is 12.7. The van der Waals surface area contributed by atoms with Crippen LogP contribution < -0.4 is 0 Å². The summed E-state index contributed by atoms with van der Waals surface area (Å²) in [6.45, 7) is 7.68. The predicted molar refractivity (Wildman–Crippen MR) is 264 cm³/mol. The fraction of sp³-hybridized carbons (Fsp3) is 0.0333. The van der Waals surface area contributed by atoms with Crippen molar-refractivity contribution in [3.05, 3.63) is 230 Å². The third-order valence-electron chi connectivity index (χ3n) is 12.1. The van der Waals surface area contributed by atoms with Crippen molar-refractivity contribution in [3.8, 4) is 44.5 Å². The number of hydrogen-bond acceptors (Lipinski definition) is 0. The van der Waals surface area contributed by atoms with Crippen LogP contribution in [0.15, 0.2) is 213 Å². The highest BCUT2D eigenvalue weighted by Gasteiger charge is 2.15. The maximum absolute atomic E-state index is 3.46. The molecule has 0 N–H and O–H groups in total. The zero-order chi connectivity index (χ0) is 40.6. The van der Waals surface area contributed by atoms with Gasteiger partial charge in [-0.15, -0.1) is 0 Å². The minimum absolute atomic E-state index is 1.22. The Bertz CT molecular complexity index is 3400. The van der Waals surface area contributed by atoms with Crippen LogP contribution in [0.1, 0.15) is 23.6 Å². The molecule has 0 saturated heterocycles.